The molecule has 0 aliphatic carbocycles. The second-order valence-corrected chi connectivity index (χ2v) is 6.02. The first-order valence-electron chi connectivity index (χ1n) is 7.87. The van der Waals surface area contributed by atoms with Crippen LogP contribution >= 0.6 is 0 Å². The predicted molar refractivity (Wildman–Crippen MR) is 96.6 cm³/mol. The third-order valence-corrected chi connectivity index (χ3v) is 4.66. The highest BCUT2D eigenvalue weighted by Crippen LogP contribution is 2.39. The second kappa shape index (κ2) is 6.42. The summed E-state index contributed by atoms with van der Waals surface area (Å²) in [5, 5.41) is 25.2. The molecule has 4 rings (SSSR count). The highest BCUT2D eigenvalue weighted by molar-refractivity contribution is 6.15. The second-order valence-electron chi connectivity index (χ2n) is 6.02. The zero-order valence-electron chi connectivity index (χ0n) is 14.6. The molecule has 0 fully saturated rings. The highest BCUT2D eigenvalue weighted by Gasteiger charge is 2.19. The van der Waals surface area contributed by atoms with Crippen molar-refractivity contribution < 1.29 is 36.7 Å². The van der Waals surface area contributed by atoms with Gasteiger partial charge in [0.05, 0.1) is 30.4 Å². The van der Waals surface area contributed by atoms with Crippen LogP contribution in [0.2, 0.25) is 0 Å². The van der Waals surface area contributed by atoms with Crippen LogP contribution < -0.4 is 26.4 Å². The standard InChI is InChI=1S/C20H17NO4.ClH/c1-21-10-15-12(6-7-17(24-2)20(15)23)13-5-4-11-8-18(25-3)16(22)9-14(11)19(13)21;/h4-10,22H,1-3H3;1H. The van der Waals surface area contributed by atoms with Gasteiger partial charge in [-0.15, -0.1) is 0 Å². The summed E-state index contributed by atoms with van der Waals surface area (Å²) in [5.74, 6) is 1.10. The number of hydrogen-bond acceptors (Lipinski definition) is 4. The lowest BCUT2D eigenvalue weighted by molar-refractivity contribution is -0.642. The van der Waals surface area contributed by atoms with Gasteiger partial charge < -0.3 is 32.1 Å². The first-order chi connectivity index (χ1) is 12.0. The van der Waals surface area contributed by atoms with E-state index < -0.39 is 0 Å². The van der Waals surface area contributed by atoms with Crippen molar-refractivity contribution in [2.75, 3.05) is 14.2 Å². The summed E-state index contributed by atoms with van der Waals surface area (Å²) in [7, 11) is 4.98. The number of benzene rings is 3. The number of ether oxygens (including phenoxy) is 2. The van der Waals surface area contributed by atoms with Gasteiger partial charge in [-0.2, -0.15) is 4.57 Å². The Hall–Kier alpha value is -2.92. The van der Waals surface area contributed by atoms with Crippen molar-refractivity contribution in [1.29, 1.82) is 0 Å². The first kappa shape index (κ1) is 17.9. The lowest BCUT2D eigenvalue weighted by Crippen LogP contribution is -3.00. The molecule has 2 N–H and O–H groups in total. The summed E-state index contributed by atoms with van der Waals surface area (Å²) in [6, 6.07) is 11.2. The number of fused-ring (bicyclic) bond motifs is 5. The Morgan fingerprint density at radius 2 is 1.50 bits per heavy atom. The maximum atomic E-state index is 10.5. The van der Waals surface area contributed by atoms with Crippen molar-refractivity contribution in [1.82, 2.24) is 0 Å². The fraction of sp³-hybridized carbons (Fsp3) is 0.150. The minimum Gasteiger partial charge on any atom is -1.00 e. The van der Waals surface area contributed by atoms with Gasteiger partial charge in [0.1, 0.15) is 7.05 Å². The third kappa shape index (κ3) is 2.44. The van der Waals surface area contributed by atoms with Crippen LogP contribution in [0.5, 0.6) is 23.0 Å². The summed E-state index contributed by atoms with van der Waals surface area (Å²) < 4.78 is 12.4. The van der Waals surface area contributed by atoms with Crippen LogP contribution in [0.15, 0.2) is 42.6 Å². The number of aromatic hydroxyl groups is 2. The van der Waals surface area contributed by atoms with Crippen LogP contribution in [0.4, 0.5) is 0 Å². The molecule has 0 bridgehead atoms. The van der Waals surface area contributed by atoms with Gasteiger partial charge in [0.2, 0.25) is 5.52 Å². The van der Waals surface area contributed by atoms with E-state index in [1.165, 1.54) is 14.2 Å². The van der Waals surface area contributed by atoms with Crippen LogP contribution in [-0.4, -0.2) is 24.4 Å². The monoisotopic (exact) mass is 371 g/mol. The van der Waals surface area contributed by atoms with Crippen molar-refractivity contribution >= 4 is 32.4 Å². The Labute approximate surface area is 156 Å². The molecule has 26 heavy (non-hydrogen) atoms. The van der Waals surface area contributed by atoms with Crippen LogP contribution in [0, 0.1) is 0 Å². The third-order valence-electron chi connectivity index (χ3n) is 4.66. The van der Waals surface area contributed by atoms with E-state index in [0.29, 0.717) is 16.9 Å². The van der Waals surface area contributed by atoms with Gasteiger partial charge >= 0.3 is 0 Å². The van der Waals surface area contributed by atoms with Crippen molar-refractivity contribution in [2.24, 2.45) is 7.05 Å². The van der Waals surface area contributed by atoms with Gasteiger partial charge in [-0.3, -0.25) is 0 Å². The van der Waals surface area contributed by atoms with Crippen LogP contribution in [0.3, 0.4) is 0 Å². The Morgan fingerprint density at radius 1 is 0.808 bits per heavy atom. The van der Waals surface area contributed by atoms with Crippen LogP contribution in [0.1, 0.15) is 0 Å². The number of pyridine rings is 1. The van der Waals surface area contributed by atoms with E-state index in [0.717, 1.165) is 27.1 Å². The number of hydrogen-bond donors (Lipinski definition) is 2. The quantitative estimate of drug-likeness (QED) is 0.395. The average molecular weight is 372 g/mol. The molecule has 6 heteroatoms. The normalized spacial score (nSPS) is 10.9. The Morgan fingerprint density at radius 3 is 2.19 bits per heavy atom. The smallest absolute Gasteiger partial charge is 0.220 e. The van der Waals surface area contributed by atoms with E-state index in [2.05, 4.69) is 0 Å². The summed E-state index contributed by atoms with van der Waals surface area (Å²) in [4.78, 5) is 0. The van der Waals surface area contributed by atoms with Gasteiger partial charge in [-0.05, 0) is 35.7 Å². The first-order valence-corrected chi connectivity index (χ1v) is 7.87. The summed E-state index contributed by atoms with van der Waals surface area (Å²) in [5.41, 5.74) is 0.965. The van der Waals surface area contributed by atoms with E-state index in [1.807, 2.05) is 42.1 Å². The van der Waals surface area contributed by atoms with Crippen molar-refractivity contribution in [3.8, 4) is 23.0 Å². The molecule has 0 spiro atoms. The topological polar surface area (TPSA) is 62.8 Å². The average Bonchev–Trinajstić information content (AvgIpc) is 2.61. The summed E-state index contributed by atoms with van der Waals surface area (Å²) >= 11 is 0. The molecule has 0 atom stereocenters. The molecule has 3 aromatic carbocycles. The minimum absolute atomic E-state index is 0. The number of halogens is 1. The fourth-order valence-corrected chi connectivity index (χ4v) is 3.46. The lowest BCUT2D eigenvalue weighted by atomic mass is 10.00. The summed E-state index contributed by atoms with van der Waals surface area (Å²) in [6.45, 7) is 0. The van der Waals surface area contributed by atoms with Gasteiger partial charge in [-0.1, -0.05) is 6.07 Å². The van der Waals surface area contributed by atoms with Gasteiger partial charge in [-0.25, -0.2) is 0 Å². The highest BCUT2D eigenvalue weighted by atomic mass is 35.5. The van der Waals surface area contributed by atoms with Crippen molar-refractivity contribution in [2.45, 2.75) is 0 Å². The molecule has 0 saturated carbocycles. The van der Waals surface area contributed by atoms with Crippen LogP contribution in [0.25, 0.3) is 32.4 Å². The number of methoxy groups -OCH3 is 2. The molecule has 0 aliphatic heterocycles. The van der Waals surface area contributed by atoms with E-state index in [4.69, 9.17) is 9.47 Å². The van der Waals surface area contributed by atoms with Gasteiger partial charge in [0, 0.05) is 5.39 Å². The maximum absolute atomic E-state index is 10.5. The molecule has 0 amide bonds. The van der Waals surface area contributed by atoms with E-state index >= 15 is 0 Å². The number of phenols is 2. The molecule has 0 unspecified atom stereocenters. The lowest BCUT2D eigenvalue weighted by Gasteiger charge is -2.10. The van der Waals surface area contributed by atoms with E-state index in [9.17, 15) is 10.2 Å². The van der Waals surface area contributed by atoms with Crippen LogP contribution in [-0.2, 0) is 7.05 Å². The summed E-state index contributed by atoms with van der Waals surface area (Å²) in [6.07, 6.45) is 1.87. The molecule has 0 radical (unpaired) electrons. The molecule has 5 nitrogen and oxygen atoms in total. The molecule has 4 aromatic rings. The Kier molecular flexibility index (Phi) is 4.42. The van der Waals surface area contributed by atoms with Gasteiger partial charge in [0.15, 0.2) is 29.2 Å². The van der Waals surface area contributed by atoms with E-state index in [-0.39, 0.29) is 23.9 Å². The van der Waals surface area contributed by atoms with Crippen molar-refractivity contribution in [3.05, 3.63) is 42.6 Å². The zero-order valence-corrected chi connectivity index (χ0v) is 15.3. The van der Waals surface area contributed by atoms with Crippen molar-refractivity contribution in [3.63, 3.8) is 0 Å². The maximum Gasteiger partial charge on any atom is 0.220 e. The molecule has 1 heterocycles. The Bertz CT molecular complexity index is 1160. The number of rotatable bonds is 2. The largest absolute Gasteiger partial charge is 1.00 e. The Balaban J connectivity index is 0.00000196. The number of aromatic nitrogens is 1. The molecule has 134 valence electrons. The minimum atomic E-state index is 0. The SMILES string of the molecule is COc1cc2ccc3c4ccc(OC)c(O)c4c[n+](C)c3c2cc1O.[Cl-]. The number of aryl methyl sites for hydroxylation is 1. The van der Waals surface area contributed by atoms with Gasteiger partial charge in [0.25, 0.3) is 0 Å². The molecule has 0 saturated heterocycles. The number of nitrogens with zero attached hydrogens (tertiary/aromatic N) is 1. The molecular formula is C20H18ClNO4. The predicted octanol–water partition coefficient (Wildman–Crippen LogP) is 0.403. The zero-order chi connectivity index (χ0) is 17.7. The number of phenolic OH excluding ortho intramolecular Hbond substituents is 2. The molecule has 0 aliphatic rings. The molecular weight excluding hydrogens is 354 g/mol. The molecule has 1 aromatic heterocycles. The fourth-order valence-electron chi connectivity index (χ4n) is 3.46. The van der Waals surface area contributed by atoms with E-state index in [1.54, 1.807) is 12.1 Å².